The van der Waals surface area contributed by atoms with Crippen LogP contribution in [0.3, 0.4) is 0 Å². The number of fused-ring (bicyclic) bond motifs is 1. The molecule has 0 bridgehead atoms. The van der Waals surface area contributed by atoms with Crippen molar-refractivity contribution < 1.29 is 17.6 Å². The Morgan fingerprint density at radius 3 is 2.69 bits per heavy atom. The Hall–Kier alpha value is -2.41. The molecule has 0 fully saturated rings. The number of sulfonamides is 1. The lowest BCUT2D eigenvalue weighted by atomic mass is 10.0. The molecule has 1 aliphatic heterocycles. The number of amides is 1. The van der Waals surface area contributed by atoms with Gasteiger partial charge in [-0.15, -0.1) is 0 Å². The van der Waals surface area contributed by atoms with E-state index in [9.17, 15) is 17.6 Å². The van der Waals surface area contributed by atoms with Gasteiger partial charge in [-0.3, -0.25) is 9.10 Å². The van der Waals surface area contributed by atoms with E-state index < -0.39 is 10.0 Å². The highest BCUT2D eigenvalue weighted by Crippen LogP contribution is 2.29. The number of nitrogens with one attached hydrogen (secondary N) is 1. The molecule has 26 heavy (non-hydrogen) atoms. The number of carbonyl (C=O) groups is 1. The summed E-state index contributed by atoms with van der Waals surface area (Å²) < 4.78 is 38.5. The summed E-state index contributed by atoms with van der Waals surface area (Å²) in [5.74, 6) is -0.517. The van der Waals surface area contributed by atoms with E-state index in [2.05, 4.69) is 5.32 Å². The van der Waals surface area contributed by atoms with Crippen molar-refractivity contribution in [1.29, 1.82) is 0 Å². The van der Waals surface area contributed by atoms with E-state index in [0.29, 0.717) is 29.9 Å². The number of benzene rings is 2. The van der Waals surface area contributed by atoms with Gasteiger partial charge in [-0.1, -0.05) is 12.1 Å². The Morgan fingerprint density at radius 2 is 2.00 bits per heavy atom. The molecule has 1 amide bonds. The molecule has 0 aromatic heterocycles. The molecule has 1 aliphatic rings. The Bertz CT molecular complexity index is 957. The average molecular weight is 376 g/mol. The number of rotatable bonds is 4. The van der Waals surface area contributed by atoms with Crippen LogP contribution in [0.5, 0.6) is 0 Å². The maximum atomic E-state index is 13.3. The van der Waals surface area contributed by atoms with Crippen LogP contribution in [0.25, 0.3) is 0 Å². The number of hydrogen-bond acceptors (Lipinski definition) is 3. The van der Waals surface area contributed by atoms with E-state index in [1.165, 1.54) is 16.6 Å². The van der Waals surface area contributed by atoms with Crippen LogP contribution in [0.15, 0.2) is 36.4 Å². The fourth-order valence-electron chi connectivity index (χ4n) is 3.15. The molecule has 0 radical (unpaired) electrons. The third-order valence-electron chi connectivity index (χ3n) is 4.49. The molecule has 1 N–H and O–H groups in total. The molecule has 3 rings (SSSR count). The van der Waals surface area contributed by atoms with Gasteiger partial charge in [0.2, 0.25) is 10.0 Å². The zero-order valence-corrected chi connectivity index (χ0v) is 15.6. The molecule has 0 atom stereocenters. The van der Waals surface area contributed by atoms with E-state index in [1.54, 1.807) is 37.3 Å². The van der Waals surface area contributed by atoms with Gasteiger partial charge in [-0.05, 0) is 60.7 Å². The van der Waals surface area contributed by atoms with E-state index in [-0.39, 0.29) is 11.7 Å². The molecule has 0 unspecified atom stereocenters. The lowest BCUT2D eigenvalue weighted by Gasteiger charge is -2.29. The summed E-state index contributed by atoms with van der Waals surface area (Å²) in [5.41, 5.74) is 3.33. The second-order valence-corrected chi connectivity index (χ2v) is 8.46. The first-order valence-corrected chi connectivity index (χ1v) is 10.2. The van der Waals surface area contributed by atoms with Crippen molar-refractivity contribution in [3.63, 3.8) is 0 Å². The predicted molar refractivity (Wildman–Crippen MR) is 99.3 cm³/mol. The standard InChI is InChI=1S/C19H21FN2O3S/c1-13-10-14(5-7-17(13)20)12-21-19(23)16-6-8-18-15(11-16)4-3-9-22(18)26(2,24)25/h5-8,10-11H,3-4,9,12H2,1-2H3,(H,21,23). The number of anilines is 1. The van der Waals surface area contributed by atoms with Crippen molar-refractivity contribution in [2.24, 2.45) is 0 Å². The van der Waals surface area contributed by atoms with Crippen LogP contribution in [0.1, 0.15) is 33.5 Å². The molecule has 0 saturated carbocycles. The van der Waals surface area contributed by atoms with Crippen molar-refractivity contribution in [1.82, 2.24) is 5.32 Å². The third kappa shape index (κ3) is 3.88. The highest BCUT2D eigenvalue weighted by atomic mass is 32.2. The zero-order chi connectivity index (χ0) is 18.9. The van der Waals surface area contributed by atoms with Gasteiger partial charge in [0.15, 0.2) is 0 Å². The van der Waals surface area contributed by atoms with Gasteiger partial charge in [0.1, 0.15) is 5.82 Å². The van der Waals surface area contributed by atoms with Crippen LogP contribution in [0.4, 0.5) is 10.1 Å². The number of hydrogen-bond donors (Lipinski definition) is 1. The summed E-state index contributed by atoms with van der Waals surface area (Å²) in [6, 6.07) is 9.79. The van der Waals surface area contributed by atoms with Gasteiger partial charge in [0.25, 0.3) is 5.91 Å². The fourth-order valence-corrected chi connectivity index (χ4v) is 4.15. The van der Waals surface area contributed by atoms with Gasteiger partial charge in [-0.2, -0.15) is 0 Å². The summed E-state index contributed by atoms with van der Waals surface area (Å²) in [6.45, 7) is 2.44. The molecule has 0 aliphatic carbocycles. The van der Waals surface area contributed by atoms with E-state index >= 15 is 0 Å². The topological polar surface area (TPSA) is 66.5 Å². The first-order chi connectivity index (χ1) is 12.3. The van der Waals surface area contributed by atoms with Crippen molar-refractivity contribution >= 4 is 21.6 Å². The van der Waals surface area contributed by atoms with Gasteiger partial charge in [0.05, 0.1) is 11.9 Å². The summed E-state index contributed by atoms with van der Waals surface area (Å²) in [5, 5.41) is 2.82. The Balaban J connectivity index is 1.75. The molecule has 1 heterocycles. The van der Waals surface area contributed by atoms with Gasteiger partial charge in [0, 0.05) is 18.7 Å². The van der Waals surface area contributed by atoms with E-state index in [0.717, 1.165) is 24.0 Å². The van der Waals surface area contributed by atoms with Crippen LogP contribution >= 0.6 is 0 Å². The highest BCUT2D eigenvalue weighted by Gasteiger charge is 2.24. The number of halogens is 1. The van der Waals surface area contributed by atoms with Crippen LogP contribution in [0.2, 0.25) is 0 Å². The lowest BCUT2D eigenvalue weighted by Crippen LogP contribution is -2.34. The first kappa shape index (κ1) is 18.4. The first-order valence-electron chi connectivity index (χ1n) is 8.39. The maximum Gasteiger partial charge on any atom is 0.251 e. The van der Waals surface area contributed by atoms with Gasteiger partial charge in [-0.25, -0.2) is 12.8 Å². The minimum Gasteiger partial charge on any atom is -0.348 e. The zero-order valence-electron chi connectivity index (χ0n) is 14.8. The summed E-state index contributed by atoms with van der Waals surface area (Å²) in [4.78, 5) is 12.4. The second-order valence-electron chi connectivity index (χ2n) is 6.55. The van der Waals surface area contributed by atoms with Gasteiger partial charge >= 0.3 is 0 Å². The number of carbonyl (C=O) groups excluding carboxylic acids is 1. The van der Waals surface area contributed by atoms with Crippen molar-refractivity contribution in [2.75, 3.05) is 17.1 Å². The monoisotopic (exact) mass is 376 g/mol. The van der Waals surface area contributed by atoms with Crippen molar-refractivity contribution in [3.05, 3.63) is 64.5 Å². The Kier molecular flexibility index (Phi) is 5.00. The van der Waals surface area contributed by atoms with Crippen LogP contribution in [-0.2, 0) is 23.0 Å². The van der Waals surface area contributed by atoms with E-state index in [4.69, 9.17) is 0 Å². The molecule has 5 nitrogen and oxygen atoms in total. The minimum atomic E-state index is -3.32. The van der Waals surface area contributed by atoms with Crippen LogP contribution in [-0.4, -0.2) is 27.1 Å². The third-order valence-corrected chi connectivity index (χ3v) is 5.67. The Morgan fingerprint density at radius 1 is 1.23 bits per heavy atom. The molecule has 7 heteroatoms. The Labute approximate surface area is 152 Å². The van der Waals surface area contributed by atoms with E-state index in [1.807, 2.05) is 0 Å². The molecule has 0 saturated heterocycles. The molecule has 2 aromatic carbocycles. The molecular formula is C19H21FN2O3S. The van der Waals surface area contributed by atoms with Crippen LogP contribution in [0, 0.1) is 12.7 Å². The molecule has 138 valence electrons. The maximum absolute atomic E-state index is 13.3. The van der Waals surface area contributed by atoms with Crippen molar-refractivity contribution in [3.8, 4) is 0 Å². The highest BCUT2D eigenvalue weighted by molar-refractivity contribution is 7.92. The lowest BCUT2D eigenvalue weighted by molar-refractivity contribution is 0.0951. The molecular weight excluding hydrogens is 355 g/mol. The fraction of sp³-hybridized carbons (Fsp3) is 0.316. The van der Waals surface area contributed by atoms with Crippen LogP contribution < -0.4 is 9.62 Å². The smallest absolute Gasteiger partial charge is 0.251 e. The summed E-state index contributed by atoms with van der Waals surface area (Å²) >= 11 is 0. The molecule has 2 aromatic rings. The summed E-state index contributed by atoms with van der Waals surface area (Å²) in [7, 11) is -3.32. The number of nitrogens with zero attached hydrogens (tertiary/aromatic N) is 1. The van der Waals surface area contributed by atoms with Crippen molar-refractivity contribution in [2.45, 2.75) is 26.3 Å². The quantitative estimate of drug-likeness (QED) is 0.892. The largest absolute Gasteiger partial charge is 0.348 e. The van der Waals surface area contributed by atoms with Gasteiger partial charge < -0.3 is 5.32 Å². The predicted octanol–water partition coefficient (Wildman–Crippen LogP) is 2.78. The summed E-state index contributed by atoms with van der Waals surface area (Å²) in [6.07, 6.45) is 2.65. The SMILES string of the molecule is Cc1cc(CNC(=O)c2ccc3c(c2)CCCN3S(C)(=O)=O)ccc1F. The number of aryl methyl sites for hydroxylation is 2. The minimum absolute atomic E-state index is 0.244. The normalized spacial score (nSPS) is 14.0. The average Bonchev–Trinajstić information content (AvgIpc) is 2.60. The second kappa shape index (κ2) is 7.07. The molecule has 0 spiro atoms.